The molecule has 0 atom stereocenters. The molecule has 0 fully saturated rings. The van der Waals surface area contributed by atoms with E-state index in [0.29, 0.717) is 21.9 Å². The Kier molecular flexibility index (Phi) is 5.00. The van der Waals surface area contributed by atoms with Gasteiger partial charge in [0.25, 0.3) is 0 Å². The molecule has 0 aliphatic carbocycles. The molecule has 15 heavy (non-hydrogen) atoms. The largest absolute Gasteiger partial charge is 0.384 e. The molecule has 0 aromatic carbocycles. The van der Waals surface area contributed by atoms with E-state index in [-0.39, 0.29) is 5.69 Å². The lowest BCUT2D eigenvalue weighted by Crippen LogP contribution is -1.96. The zero-order valence-corrected chi connectivity index (χ0v) is 10.4. The SMILES string of the molecule is COCCSc1ncc(Br)cc1[N+](=O)[O-]. The van der Waals surface area contributed by atoms with Crippen LogP contribution in [0, 0.1) is 10.1 Å². The Morgan fingerprint density at radius 3 is 3.07 bits per heavy atom. The van der Waals surface area contributed by atoms with Gasteiger partial charge in [0.15, 0.2) is 5.03 Å². The second kappa shape index (κ2) is 6.04. The van der Waals surface area contributed by atoms with E-state index in [1.807, 2.05) is 0 Å². The zero-order chi connectivity index (χ0) is 11.3. The molecule has 7 heteroatoms. The Morgan fingerprint density at radius 1 is 1.73 bits per heavy atom. The highest BCUT2D eigenvalue weighted by molar-refractivity contribution is 9.10. The van der Waals surface area contributed by atoms with Gasteiger partial charge >= 0.3 is 5.69 Å². The van der Waals surface area contributed by atoms with E-state index in [1.165, 1.54) is 17.8 Å². The van der Waals surface area contributed by atoms with E-state index in [9.17, 15) is 10.1 Å². The number of aromatic nitrogens is 1. The van der Waals surface area contributed by atoms with Crippen molar-refractivity contribution in [3.63, 3.8) is 0 Å². The van der Waals surface area contributed by atoms with Crippen molar-refractivity contribution in [2.45, 2.75) is 5.03 Å². The third-order valence-corrected chi connectivity index (χ3v) is 2.91. The van der Waals surface area contributed by atoms with Crippen molar-refractivity contribution in [1.82, 2.24) is 4.98 Å². The summed E-state index contributed by atoms with van der Waals surface area (Å²) in [7, 11) is 1.59. The lowest BCUT2D eigenvalue weighted by molar-refractivity contribution is -0.388. The number of hydrogen-bond acceptors (Lipinski definition) is 5. The Bertz CT molecular complexity index is 362. The topological polar surface area (TPSA) is 65.3 Å². The summed E-state index contributed by atoms with van der Waals surface area (Å²) in [5.41, 5.74) is 0.0190. The summed E-state index contributed by atoms with van der Waals surface area (Å²) in [4.78, 5) is 14.3. The van der Waals surface area contributed by atoms with Crippen LogP contribution in [0.4, 0.5) is 5.69 Å². The first-order valence-corrected chi connectivity index (χ1v) is 5.84. The summed E-state index contributed by atoms with van der Waals surface area (Å²) in [6.45, 7) is 0.541. The fraction of sp³-hybridized carbons (Fsp3) is 0.375. The fourth-order valence-electron chi connectivity index (χ4n) is 0.880. The predicted octanol–water partition coefficient (Wildman–Crippen LogP) is 2.49. The Morgan fingerprint density at radius 2 is 2.47 bits per heavy atom. The van der Waals surface area contributed by atoms with Gasteiger partial charge < -0.3 is 4.74 Å². The van der Waals surface area contributed by atoms with Crippen LogP contribution in [-0.2, 0) is 4.74 Å². The van der Waals surface area contributed by atoms with Gasteiger partial charge in [-0.2, -0.15) is 0 Å². The van der Waals surface area contributed by atoms with Crippen molar-refractivity contribution in [2.24, 2.45) is 0 Å². The maximum absolute atomic E-state index is 10.7. The summed E-state index contributed by atoms with van der Waals surface area (Å²) in [6, 6.07) is 1.45. The molecule has 0 unspecified atom stereocenters. The van der Waals surface area contributed by atoms with Crippen LogP contribution in [0.3, 0.4) is 0 Å². The van der Waals surface area contributed by atoms with Crippen molar-refractivity contribution >= 4 is 33.4 Å². The van der Waals surface area contributed by atoms with E-state index in [0.717, 1.165) is 0 Å². The zero-order valence-electron chi connectivity index (χ0n) is 7.97. The molecule has 0 saturated heterocycles. The Labute approximate surface area is 99.5 Å². The molecule has 0 amide bonds. The van der Waals surface area contributed by atoms with Gasteiger partial charge in [-0.1, -0.05) is 11.8 Å². The highest BCUT2D eigenvalue weighted by Gasteiger charge is 2.15. The van der Waals surface area contributed by atoms with Gasteiger partial charge in [-0.05, 0) is 15.9 Å². The Balaban J connectivity index is 2.81. The number of thioether (sulfide) groups is 1. The van der Waals surface area contributed by atoms with Crippen LogP contribution < -0.4 is 0 Å². The molecule has 82 valence electrons. The van der Waals surface area contributed by atoms with Crippen molar-refractivity contribution in [3.05, 3.63) is 26.9 Å². The molecule has 0 N–H and O–H groups in total. The minimum absolute atomic E-state index is 0.0190. The van der Waals surface area contributed by atoms with Gasteiger partial charge in [-0.25, -0.2) is 4.98 Å². The lowest BCUT2D eigenvalue weighted by Gasteiger charge is -2.01. The summed E-state index contributed by atoms with van der Waals surface area (Å²) in [5, 5.41) is 11.1. The Hall–Kier alpha value is -0.660. The molecule has 5 nitrogen and oxygen atoms in total. The van der Waals surface area contributed by atoms with Crippen molar-refractivity contribution in [1.29, 1.82) is 0 Å². The molecule has 1 rings (SSSR count). The summed E-state index contributed by atoms with van der Waals surface area (Å²) in [6.07, 6.45) is 1.54. The first kappa shape index (κ1) is 12.4. The monoisotopic (exact) mass is 292 g/mol. The second-order valence-electron chi connectivity index (χ2n) is 2.58. The average Bonchev–Trinajstić information content (AvgIpc) is 2.20. The molecule has 1 heterocycles. The van der Waals surface area contributed by atoms with Crippen molar-refractivity contribution < 1.29 is 9.66 Å². The van der Waals surface area contributed by atoms with Gasteiger partial charge in [0, 0.05) is 29.6 Å². The molecule has 0 bridgehead atoms. The maximum atomic E-state index is 10.7. The van der Waals surface area contributed by atoms with E-state index in [2.05, 4.69) is 20.9 Å². The minimum atomic E-state index is -0.438. The van der Waals surface area contributed by atoms with Crippen LogP contribution in [0.5, 0.6) is 0 Å². The van der Waals surface area contributed by atoms with Crippen LogP contribution in [0.1, 0.15) is 0 Å². The summed E-state index contributed by atoms with van der Waals surface area (Å²) < 4.78 is 5.46. The first-order valence-electron chi connectivity index (χ1n) is 4.07. The molecule has 0 spiro atoms. The molecule has 1 aromatic rings. The van der Waals surface area contributed by atoms with Crippen molar-refractivity contribution in [2.75, 3.05) is 19.5 Å². The number of halogens is 1. The van der Waals surface area contributed by atoms with Crippen LogP contribution in [0.2, 0.25) is 0 Å². The number of pyridine rings is 1. The van der Waals surface area contributed by atoms with Crippen LogP contribution in [-0.4, -0.2) is 29.4 Å². The van der Waals surface area contributed by atoms with E-state index in [1.54, 1.807) is 13.3 Å². The van der Waals surface area contributed by atoms with Gasteiger partial charge in [0.05, 0.1) is 11.5 Å². The van der Waals surface area contributed by atoms with E-state index in [4.69, 9.17) is 4.74 Å². The number of methoxy groups -OCH3 is 1. The lowest BCUT2D eigenvalue weighted by atomic mass is 10.4. The molecule has 0 aliphatic rings. The number of nitro groups is 1. The molecular formula is C8H9BrN2O3S. The summed E-state index contributed by atoms with van der Waals surface area (Å²) in [5.74, 6) is 0.645. The first-order chi connectivity index (χ1) is 7.15. The van der Waals surface area contributed by atoms with E-state index >= 15 is 0 Å². The third-order valence-electron chi connectivity index (χ3n) is 1.52. The van der Waals surface area contributed by atoms with Gasteiger partial charge in [0.2, 0.25) is 0 Å². The van der Waals surface area contributed by atoms with Crippen LogP contribution in [0.25, 0.3) is 0 Å². The van der Waals surface area contributed by atoms with E-state index < -0.39 is 4.92 Å². The van der Waals surface area contributed by atoms with Gasteiger partial charge in [-0.15, -0.1) is 0 Å². The molecule has 0 saturated carbocycles. The molecule has 0 aliphatic heterocycles. The van der Waals surface area contributed by atoms with Gasteiger partial charge in [-0.3, -0.25) is 10.1 Å². The quantitative estimate of drug-likeness (QED) is 0.361. The predicted molar refractivity (Wildman–Crippen MR) is 61.2 cm³/mol. The summed E-state index contributed by atoms with van der Waals surface area (Å²) >= 11 is 4.46. The highest BCUT2D eigenvalue weighted by Crippen LogP contribution is 2.28. The standard InChI is InChI=1S/C8H9BrN2O3S/c1-14-2-3-15-8-7(11(12)13)4-6(9)5-10-8/h4-5H,2-3H2,1H3. The number of nitrogens with zero attached hydrogens (tertiary/aromatic N) is 2. The number of ether oxygens (including phenoxy) is 1. The third kappa shape index (κ3) is 3.77. The van der Waals surface area contributed by atoms with Crippen molar-refractivity contribution in [3.8, 4) is 0 Å². The number of rotatable bonds is 5. The fourth-order valence-corrected chi connectivity index (χ4v) is 2.05. The number of hydrogen-bond donors (Lipinski definition) is 0. The minimum Gasteiger partial charge on any atom is -0.384 e. The average molecular weight is 293 g/mol. The second-order valence-corrected chi connectivity index (χ2v) is 4.58. The molecule has 1 aromatic heterocycles. The molecule has 0 radical (unpaired) electrons. The van der Waals surface area contributed by atoms with Gasteiger partial charge in [0.1, 0.15) is 0 Å². The van der Waals surface area contributed by atoms with Crippen LogP contribution >= 0.6 is 27.7 Å². The molecular weight excluding hydrogens is 284 g/mol. The van der Waals surface area contributed by atoms with Crippen LogP contribution in [0.15, 0.2) is 21.8 Å². The smallest absolute Gasteiger partial charge is 0.302 e. The maximum Gasteiger partial charge on any atom is 0.302 e. The normalized spacial score (nSPS) is 10.3. The highest BCUT2D eigenvalue weighted by atomic mass is 79.9.